The van der Waals surface area contributed by atoms with Crippen molar-refractivity contribution in [2.24, 2.45) is 0 Å². The number of rotatable bonds is 4. The molecule has 0 unspecified atom stereocenters. The number of carbonyl (C=O) groups is 2. The van der Waals surface area contributed by atoms with Crippen LogP contribution in [0.25, 0.3) is 22.6 Å². The Morgan fingerprint density at radius 1 is 1.19 bits per heavy atom. The summed E-state index contributed by atoms with van der Waals surface area (Å²) in [6, 6.07) is 16.2. The molecule has 0 aliphatic carbocycles. The van der Waals surface area contributed by atoms with Crippen molar-refractivity contribution in [3.05, 3.63) is 76.4 Å². The molecule has 3 heterocycles. The average Bonchev–Trinajstić information content (AvgIpc) is 3.54. The summed E-state index contributed by atoms with van der Waals surface area (Å²) in [6.45, 7) is 5.07. The lowest BCUT2D eigenvalue weighted by molar-refractivity contribution is 0.0963. The standard InChI is InChI=1S/C19H17N3O2.C8H7ClN2O2/c1-11(2)15-8-12(10-20)9-16-17(15)24-19(22-16)14-6-4-13(5-7-14)18(23)21-3;9-6-1-2-7(10-5-6)11-3-4-13-8(11)12/h4-9,11H,1-3H3,(H,21,23);1-2,5H,3-4H2. The van der Waals surface area contributed by atoms with Crippen LogP contribution in [0.4, 0.5) is 10.6 Å². The molecule has 0 spiro atoms. The van der Waals surface area contributed by atoms with Crippen LogP contribution in [0, 0.1) is 11.3 Å². The number of carbonyl (C=O) groups excluding carboxylic acids is 2. The van der Waals surface area contributed by atoms with E-state index < -0.39 is 0 Å². The molecule has 1 aliphatic heterocycles. The first-order valence-electron chi connectivity index (χ1n) is 11.5. The van der Waals surface area contributed by atoms with Crippen molar-refractivity contribution in [2.75, 3.05) is 25.1 Å². The summed E-state index contributed by atoms with van der Waals surface area (Å²) in [5.74, 6) is 1.13. The molecule has 0 bridgehead atoms. The Balaban J connectivity index is 0.000000207. The van der Waals surface area contributed by atoms with Crippen LogP contribution in [0.5, 0.6) is 0 Å². The van der Waals surface area contributed by atoms with E-state index in [1.807, 2.05) is 6.07 Å². The lowest BCUT2D eigenvalue weighted by Crippen LogP contribution is -2.24. The van der Waals surface area contributed by atoms with Gasteiger partial charge in [0.1, 0.15) is 17.9 Å². The van der Waals surface area contributed by atoms with Crippen molar-refractivity contribution < 1.29 is 18.7 Å². The maximum atomic E-state index is 11.6. The van der Waals surface area contributed by atoms with Gasteiger partial charge in [-0.1, -0.05) is 25.4 Å². The second kappa shape index (κ2) is 11.1. The van der Waals surface area contributed by atoms with E-state index in [1.54, 1.807) is 49.5 Å². The van der Waals surface area contributed by atoms with Gasteiger partial charge in [0, 0.05) is 29.9 Å². The van der Waals surface area contributed by atoms with Gasteiger partial charge in [-0.2, -0.15) is 5.26 Å². The lowest BCUT2D eigenvalue weighted by Gasteiger charge is -2.10. The highest BCUT2D eigenvalue weighted by Crippen LogP contribution is 2.31. The van der Waals surface area contributed by atoms with Crippen molar-refractivity contribution in [2.45, 2.75) is 19.8 Å². The molecule has 37 heavy (non-hydrogen) atoms. The fourth-order valence-electron chi connectivity index (χ4n) is 3.71. The van der Waals surface area contributed by atoms with Crippen LogP contribution >= 0.6 is 11.6 Å². The molecule has 4 aromatic rings. The molecule has 9 nitrogen and oxygen atoms in total. The van der Waals surface area contributed by atoms with E-state index in [0.29, 0.717) is 52.1 Å². The van der Waals surface area contributed by atoms with E-state index in [9.17, 15) is 14.9 Å². The minimum Gasteiger partial charge on any atom is -0.447 e. The van der Waals surface area contributed by atoms with Crippen molar-refractivity contribution >= 4 is 40.5 Å². The van der Waals surface area contributed by atoms with Gasteiger partial charge in [-0.05, 0) is 54.4 Å². The Kier molecular flexibility index (Phi) is 7.70. The minimum atomic E-state index is -0.352. The van der Waals surface area contributed by atoms with Gasteiger partial charge >= 0.3 is 6.09 Å². The van der Waals surface area contributed by atoms with Crippen LogP contribution in [0.2, 0.25) is 5.02 Å². The molecular weight excluding hydrogens is 494 g/mol. The van der Waals surface area contributed by atoms with Crippen LogP contribution in [-0.4, -0.2) is 42.2 Å². The number of anilines is 1. The molecule has 188 valence electrons. The summed E-state index contributed by atoms with van der Waals surface area (Å²) in [5, 5.41) is 12.3. The Hall–Kier alpha value is -4.42. The maximum absolute atomic E-state index is 11.6. The molecule has 10 heteroatoms. The number of amides is 2. The highest BCUT2D eigenvalue weighted by molar-refractivity contribution is 6.30. The summed E-state index contributed by atoms with van der Waals surface area (Å²) in [6.07, 6.45) is 1.15. The van der Waals surface area contributed by atoms with E-state index >= 15 is 0 Å². The van der Waals surface area contributed by atoms with Crippen LogP contribution in [0.1, 0.15) is 41.3 Å². The maximum Gasteiger partial charge on any atom is 0.415 e. The number of nitriles is 1. The Bertz CT molecular complexity index is 1470. The first-order chi connectivity index (χ1) is 17.8. The molecular formula is C27H24ClN5O4. The quantitative estimate of drug-likeness (QED) is 0.377. The Morgan fingerprint density at radius 3 is 2.51 bits per heavy atom. The SMILES string of the molecule is CNC(=O)c1ccc(-c2nc3cc(C#N)cc(C(C)C)c3o2)cc1.O=C1OCCN1c1ccc(Cl)cn1. The van der Waals surface area contributed by atoms with Gasteiger partial charge in [0.2, 0.25) is 5.89 Å². The fourth-order valence-corrected chi connectivity index (χ4v) is 3.83. The molecule has 2 aromatic carbocycles. The number of ether oxygens (including phenoxy) is 1. The molecule has 1 aliphatic rings. The third kappa shape index (κ3) is 5.71. The van der Waals surface area contributed by atoms with Gasteiger partial charge in [-0.25, -0.2) is 14.8 Å². The van der Waals surface area contributed by atoms with E-state index in [2.05, 4.69) is 35.2 Å². The van der Waals surface area contributed by atoms with E-state index in [-0.39, 0.29) is 17.9 Å². The van der Waals surface area contributed by atoms with Crippen molar-refractivity contribution in [1.29, 1.82) is 5.26 Å². The van der Waals surface area contributed by atoms with Gasteiger partial charge in [0.15, 0.2) is 5.58 Å². The topological polar surface area (TPSA) is 121 Å². The normalized spacial score (nSPS) is 12.6. The summed E-state index contributed by atoms with van der Waals surface area (Å²) in [4.78, 5) is 32.7. The molecule has 2 amide bonds. The number of fused-ring (bicyclic) bond motifs is 1. The van der Waals surface area contributed by atoms with Gasteiger partial charge in [-0.3, -0.25) is 9.69 Å². The zero-order valence-corrected chi connectivity index (χ0v) is 21.2. The number of aromatic nitrogens is 2. The number of cyclic esters (lactones) is 1. The highest BCUT2D eigenvalue weighted by atomic mass is 35.5. The van der Waals surface area contributed by atoms with Crippen molar-refractivity contribution in [3.8, 4) is 17.5 Å². The number of oxazole rings is 1. The van der Waals surface area contributed by atoms with Gasteiger partial charge in [-0.15, -0.1) is 0 Å². The third-order valence-corrected chi connectivity index (χ3v) is 5.86. The van der Waals surface area contributed by atoms with Gasteiger partial charge in [0.05, 0.1) is 23.2 Å². The summed E-state index contributed by atoms with van der Waals surface area (Å²) in [5.41, 5.74) is 4.27. The van der Waals surface area contributed by atoms with E-state index in [0.717, 1.165) is 11.1 Å². The number of pyridine rings is 1. The molecule has 0 radical (unpaired) electrons. The molecule has 5 rings (SSSR count). The predicted molar refractivity (Wildman–Crippen MR) is 140 cm³/mol. The predicted octanol–water partition coefficient (Wildman–Crippen LogP) is 5.54. The summed E-state index contributed by atoms with van der Waals surface area (Å²) in [7, 11) is 1.59. The molecule has 0 atom stereocenters. The van der Waals surface area contributed by atoms with Crippen LogP contribution in [0.3, 0.4) is 0 Å². The monoisotopic (exact) mass is 517 g/mol. The number of hydrogen-bond acceptors (Lipinski definition) is 7. The molecule has 1 saturated heterocycles. The number of nitrogens with zero attached hydrogens (tertiary/aromatic N) is 4. The second-order valence-electron chi connectivity index (χ2n) is 8.46. The zero-order chi connectivity index (χ0) is 26.5. The molecule has 2 aromatic heterocycles. The highest BCUT2D eigenvalue weighted by Gasteiger charge is 2.24. The zero-order valence-electron chi connectivity index (χ0n) is 20.5. The van der Waals surface area contributed by atoms with Crippen LogP contribution < -0.4 is 10.2 Å². The number of hydrogen-bond donors (Lipinski definition) is 1. The third-order valence-electron chi connectivity index (χ3n) is 5.64. The lowest BCUT2D eigenvalue weighted by atomic mass is 10.00. The minimum absolute atomic E-state index is 0.139. The van der Waals surface area contributed by atoms with Gasteiger partial charge in [0.25, 0.3) is 5.91 Å². The summed E-state index contributed by atoms with van der Waals surface area (Å²) < 4.78 is 10.7. The van der Waals surface area contributed by atoms with Crippen molar-refractivity contribution in [3.63, 3.8) is 0 Å². The first-order valence-corrected chi connectivity index (χ1v) is 11.9. The van der Waals surface area contributed by atoms with E-state index in [4.69, 9.17) is 20.8 Å². The van der Waals surface area contributed by atoms with Gasteiger partial charge < -0.3 is 14.5 Å². The Morgan fingerprint density at radius 2 is 1.95 bits per heavy atom. The van der Waals surface area contributed by atoms with Crippen LogP contribution in [0.15, 0.2) is 59.1 Å². The summed E-state index contributed by atoms with van der Waals surface area (Å²) >= 11 is 5.66. The second-order valence-corrected chi connectivity index (χ2v) is 8.89. The molecule has 1 fully saturated rings. The fraction of sp³-hybridized carbons (Fsp3) is 0.222. The Labute approximate surface area is 218 Å². The number of nitrogens with one attached hydrogen (secondary N) is 1. The number of halogens is 1. The first kappa shape index (κ1) is 25.7. The van der Waals surface area contributed by atoms with Crippen LogP contribution in [-0.2, 0) is 4.74 Å². The number of benzene rings is 2. The molecule has 0 saturated carbocycles. The van der Waals surface area contributed by atoms with E-state index in [1.165, 1.54) is 11.1 Å². The molecule has 1 N–H and O–H groups in total. The van der Waals surface area contributed by atoms with Crippen molar-refractivity contribution in [1.82, 2.24) is 15.3 Å². The smallest absolute Gasteiger partial charge is 0.415 e. The largest absolute Gasteiger partial charge is 0.447 e. The average molecular weight is 518 g/mol.